The van der Waals surface area contributed by atoms with Crippen molar-refractivity contribution in [3.8, 4) is 0 Å². The van der Waals surface area contributed by atoms with E-state index in [0.29, 0.717) is 5.92 Å². The Morgan fingerprint density at radius 1 is 1.47 bits per heavy atom. The molecule has 19 heavy (non-hydrogen) atoms. The van der Waals surface area contributed by atoms with E-state index in [2.05, 4.69) is 10.6 Å². The number of carbonyl (C=O) groups excluding carboxylic acids is 1. The van der Waals surface area contributed by atoms with Crippen molar-refractivity contribution >= 4 is 17.3 Å². The number of nitro groups is 1. The van der Waals surface area contributed by atoms with Gasteiger partial charge in [0.1, 0.15) is 5.69 Å². The number of nitro benzene ring substituents is 1. The van der Waals surface area contributed by atoms with E-state index in [-0.39, 0.29) is 23.8 Å². The van der Waals surface area contributed by atoms with Gasteiger partial charge in [0.2, 0.25) is 5.91 Å². The van der Waals surface area contributed by atoms with E-state index in [1.165, 1.54) is 18.9 Å². The van der Waals surface area contributed by atoms with Crippen molar-refractivity contribution in [2.75, 3.05) is 18.4 Å². The lowest BCUT2D eigenvalue weighted by Crippen LogP contribution is -2.29. The molecular formula is C13H17N3O3. The van der Waals surface area contributed by atoms with Crippen LogP contribution in [0.3, 0.4) is 0 Å². The summed E-state index contributed by atoms with van der Waals surface area (Å²) in [5.74, 6) is 0.439. The first kappa shape index (κ1) is 13.5. The summed E-state index contributed by atoms with van der Waals surface area (Å²) in [4.78, 5) is 22.1. The highest BCUT2D eigenvalue weighted by atomic mass is 16.6. The second-order valence-corrected chi connectivity index (χ2v) is 4.90. The molecule has 0 heterocycles. The zero-order valence-corrected chi connectivity index (χ0v) is 10.8. The second kappa shape index (κ2) is 5.79. The van der Waals surface area contributed by atoms with Crippen molar-refractivity contribution in [1.29, 1.82) is 0 Å². The molecule has 2 N–H and O–H groups in total. The summed E-state index contributed by atoms with van der Waals surface area (Å²) in [6.07, 6.45) is 2.44. The Bertz CT molecular complexity index is 498. The van der Waals surface area contributed by atoms with Gasteiger partial charge in [-0.25, -0.2) is 0 Å². The second-order valence-electron chi connectivity index (χ2n) is 4.90. The molecule has 0 spiro atoms. The maximum absolute atomic E-state index is 11.7. The summed E-state index contributed by atoms with van der Waals surface area (Å²) in [6.45, 7) is 2.79. The summed E-state index contributed by atoms with van der Waals surface area (Å²) in [6, 6.07) is 4.75. The van der Waals surface area contributed by atoms with Gasteiger partial charge in [-0.05, 0) is 43.9 Å². The van der Waals surface area contributed by atoms with E-state index in [9.17, 15) is 14.9 Å². The van der Waals surface area contributed by atoms with Gasteiger partial charge in [-0.3, -0.25) is 14.9 Å². The summed E-state index contributed by atoms with van der Waals surface area (Å²) in [5, 5.41) is 16.5. The average molecular weight is 263 g/mol. The first-order valence-corrected chi connectivity index (χ1v) is 6.32. The predicted molar refractivity (Wildman–Crippen MR) is 72.1 cm³/mol. The first-order valence-electron chi connectivity index (χ1n) is 6.32. The SMILES string of the molecule is Cc1ccc(NC(=O)CNCC2CC2)c([N+](=O)[O-])c1. The van der Waals surface area contributed by atoms with Crippen LogP contribution in [0.25, 0.3) is 0 Å². The van der Waals surface area contributed by atoms with Crippen LogP contribution < -0.4 is 10.6 Å². The quantitative estimate of drug-likeness (QED) is 0.606. The monoisotopic (exact) mass is 263 g/mol. The molecular weight excluding hydrogens is 246 g/mol. The number of aryl methyl sites for hydroxylation is 1. The maximum atomic E-state index is 11.7. The van der Waals surface area contributed by atoms with E-state index in [0.717, 1.165) is 12.1 Å². The van der Waals surface area contributed by atoms with Gasteiger partial charge in [-0.2, -0.15) is 0 Å². The number of carbonyl (C=O) groups is 1. The fourth-order valence-corrected chi connectivity index (χ4v) is 1.80. The topological polar surface area (TPSA) is 84.3 Å². The molecule has 0 bridgehead atoms. The molecule has 1 aliphatic carbocycles. The fourth-order valence-electron chi connectivity index (χ4n) is 1.80. The number of amides is 1. The summed E-state index contributed by atoms with van der Waals surface area (Å²) in [5.41, 5.74) is 0.959. The van der Waals surface area contributed by atoms with Gasteiger partial charge in [-0.15, -0.1) is 0 Å². The predicted octanol–water partition coefficient (Wildman–Crippen LogP) is 1.84. The molecule has 0 unspecified atom stereocenters. The van der Waals surface area contributed by atoms with Crippen molar-refractivity contribution in [3.63, 3.8) is 0 Å². The lowest BCUT2D eigenvalue weighted by Gasteiger charge is -2.07. The highest BCUT2D eigenvalue weighted by Crippen LogP contribution is 2.27. The molecule has 1 aromatic carbocycles. The van der Waals surface area contributed by atoms with Crippen LogP contribution in [-0.2, 0) is 4.79 Å². The van der Waals surface area contributed by atoms with Crippen molar-refractivity contribution in [3.05, 3.63) is 33.9 Å². The van der Waals surface area contributed by atoms with E-state index < -0.39 is 4.92 Å². The normalized spacial score (nSPS) is 14.2. The van der Waals surface area contributed by atoms with Gasteiger partial charge >= 0.3 is 0 Å². The molecule has 0 atom stereocenters. The number of hydrogen-bond donors (Lipinski definition) is 2. The maximum Gasteiger partial charge on any atom is 0.293 e. The third kappa shape index (κ3) is 4.03. The van der Waals surface area contributed by atoms with Crippen molar-refractivity contribution in [2.45, 2.75) is 19.8 Å². The molecule has 102 valence electrons. The van der Waals surface area contributed by atoms with E-state index in [1.807, 2.05) is 0 Å². The minimum absolute atomic E-state index is 0.0736. The number of nitrogens with one attached hydrogen (secondary N) is 2. The molecule has 1 fully saturated rings. The Labute approximate surface area is 111 Å². The molecule has 0 aliphatic heterocycles. The number of benzene rings is 1. The lowest BCUT2D eigenvalue weighted by molar-refractivity contribution is -0.384. The minimum atomic E-state index is -0.486. The summed E-state index contributed by atoms with van der Waals surface area (Å²) < 4.78 is 0. The third-order valence-corrected chi connectivity index (χ3v) is 3.04. The Kier molecular flexibility index (Phi) is 4.11. The smallest absolute Gasteiger partial charge is 0.293 e. The zero-order chi connectivity index (χ0) is 13.8. The minimum Gasteiger partial charge on any atom is -0.319 e. The Morgan fingerprint density at radius 3 is 2.84 bits per heavy atom. The molecule has 1 amide bonds. The molecule has 6 nitrogen and oxygen atoms in total. The van der Waals surface area contributed by atoms with Gasteiger partial charge in [0.15, 0.2) is 0 Å². The van der Waals surface area contributed by atoms with Crippen LogP contribution in [0, 0.1) is 23.0 Å². The largest absolute Gasteiger partial charge is 0.319 e. The molecule has 0 radical (unpaired) electrons. The molecule has 2 rings (SSSR count). The van der Waals surface area contributed by atoms with Crippen LogP contribution in [0.4, 0.5) is 11.4 Å². The standard InChI is InChI=1S/C13H17N3O3/c1-9-2-5-11(12(6-9)16(18)19)15-13(17)8-14-7-10-3-4-10/h2,5-6,10,14H,3-4,7-8H2,1H3,(H,15,17). The van der Waals surface area contributed by atoms with Crippen LogP contribution in [0.1, 0.15) is 18.4 Å². The number of hydrogen-bond acceptors (Lipinski definition) is 4. The van der Waals surface area contributed by atoms with Crippen LogP contribution in [0.2, 0.25) is 0 Å². The Balaban J connectivity index is 1.93. The summed E-state index contributed by atoms with van der Waals surface area (Å²) >= 11 is 0. The first-order chi connectivity index (χ1) is 9.06. The van der Waals surface area contributed by atoms with Gasteiger partial charge in [0, 0.05) is 6.07 Å². The highest BCUT2D eigenvalue weighted by molar-refractivity contribution is 5.94. The van der Waals surface area contributed by atoms with E-state index >= 15 is 0 Å². The van der Waals surface area contributed by atoms with Crippen LogP contribution >= 0.6 is 0 Å². The number of nitrogens with zero attached hydrogens (tertiary/aromatic N) is 1. The van der Waals surface area contributed by atoms with Crippen LogP contribution in [0.15, 0.2) is 18.2 Å². The van der Waals surface area contributed by atoms with E-state index in [1.54, 1.807) is 19.1 Å². The average Bonchev–Trinajstić information content (AvgIpc) is 3.15. The zero-order valence-electron chi connectivity index (χ0n) is 10.8. The number of anilines is 1. The molecule has 1 aromatic rings. The van der Waals surface area contributed by atoms with Crippen LogP contribution in [-0.4, -0.2) is 23.9 Å². The summed E-state index contributed by atoms with van der Waals surface area (Å²) in [7, 11) is 0. The molecule has 0 saturated heterocycles. The van der Waals surface area contributed by atoms with Crippen molar-refractivity contribution in [2.24, 2.45) is 5.92 Å². The molecule has 1 saturated carbocycles. The fraction of sp³-hybridized carbons (Fsp3) is 0.462. The van der Waals surface area contributed by atoms with Crippen molar-refractivity contribution < 1.29 is 9.72 Å². The highest BCUT2D eigenvalue weighted by Gasteiger charge is 2.21. The van der Waals surface area contributed by atoms with Crippen molar-refractivity contribution in [1.82, 2.24) is 5.32 Å². The molecule has 0 aromatic heterocycles. The number of rotatable bonds is 6. The third-order valence-electron chi connectivity index (χ3n) is 3.04. The van der Waals surface area contributed by atoms with Gasteiger partial charge < -0.3 is 10.6 Å². The van der Waals surface area contributed by atoms with Gasteiger partial charge in [0.25, 0.3) is 5.69 Å². The van der Waals surface area contributed by atoms with Crippen LogP contribution in [0.5, 0.6) is 0 Å². The lowest BCUT2D eigenvalue weighted by atomic mass is 10.2. The van der Waals surface area contributed by atoms with Gasteiger partial charge in [0.05, 0.1) is 11.5 Å². The Morgan fingerprint density at radius 2 is 2.21 bits per heavy atom. The Hall–Kier alpha value is -1.95. The molecule has 6 heteroatoms. The van der Waals surface area contributed by atoms with E-state index in [4.69, 9.17) is 0 Å². The molecule has 1 aliphatic rings. The van der Waals surface area contributed by atoms with Gasteiger partial charge in [-0.1, -0.05) is 6.07 Å².